The molecule has 2 N–H and O–H groups in total. The van der Waals surface area contributed by atoms with E-state index in [1.54, 1.807) is 6.07 Å². The first-order valence-electron chi connectivity index (χ1n) is 9.86. The molecule has 0 amide bonds. The van der Waals surface area contributed by atoms with Crippen LogP contribution in [0.25, 0.3) is 5.57 Å². The highest BCUT2D eigenvalue weighted by Gasteiger charge is 2.23. The van der Waals surface area contributed by atoms with Crippen LogP contribution in [0.1, 0.15) is 53.1 Å². The number of nitrogens with one attached hydrogen (secondary N) is 2. The highest BCUT2D eigenvalue weighted by molar-refractivity contribution is 5.67. The van der Waals surface area contributed by atoms with Gasteiger partial charge in [-0.25, -0.2) is 9.18 Å². The number of benzene rings is 2. The number of hydrogen-bond acceptors (Lipinski definition) is 2. The van der Waals surface area contributed by atoms with Crippen molar-refractivity contribution in [3.63, 3.8) is 0 Å². The summed E-state index contributed by atoms with van der Waals surface area (Å²) in [7, 11) is 0. The lowest BCUT2D eigenvalue weighted by atomic mass is 9.82. The Morgan fingerprint density at radius 3 is 2.55 bits per heavy atom. The second-order valence-electron chi connectivity index (χ2n) is 7.65. The van der Waals surface area contributed by atoms with Crippen LogP contribution >= 0.6 is 0 Å². The first-order chi connectivity index (χ1) is 14.0. The van der Waals surface area contributed by atoms with E-state index in [2.05, 4.69) is 9.97 Å². The Bertz CT molecular complexity index is 1180. The molecule has 1 aromatic heterocycles. The summed E-state index contributed by atoms with van der Waals surface area (Å²) in [6.07, 6.45) is 4.60. The standard InChI is InChI=1S/C24H23FN2O2/c1-15-7-12-19(21(25)13-15)17-8-10-18(11-9-17)22-20(23(28)27-24(29)26-22)14-16-5-3-2-4-6-16/h2-8,12-13,18H,9-11,14H2,1H3,(H2,26,27,28,29). The minimum Gasteiger partial charge on any atom is -0.311 e. The van der Waals surface area contributed by atoms with Crippen molar-refractivity contribution in [1.82, 2.24) is 9.97 Å². The fraction of sp³-hybridized carbons (Fsp3) is 0.250. The monoisotopic (exact) mass is 390 g/mol. The summed E-state index contributed by atoms with van der Waals surface area (Å²) in [6.45, 7) is 1.87. The fourth-order valence-corrected chi connectivity index (χ4v) is 4.08. The maximum Gasteiger partial charge on any atom is 0.325 e. The quantitative estimate of drug-likeness (QED) is 0.691. The van der Waals surface area contributed by atoms with Crippen molar-refractivity contribution in [3.05, 3.63) is 109 Å². The van der Waals surface area contributed by atoms with Gasteiger partial charge in [-0.15, -0.1) is 0 Å². The van der Waals surface area contributed by atoms with Gasteiger partial charge in [0.1, 0.15) is 5.82 Å². The van der Waals surface area contributed by atoms with Gasteiger partial charge in [-0.3, -0.25) is 9.78 Å². The lowest BCUT2D eigenvalue weighted by Gasteiger charge is -2.24. The lowest BCUT2D eigenvalue weighted by molar-refractivity contribution is 0.588. The van der Waals surface area contributed by atoms with E-state index in [1.807, 2.05) is 55.5 Å². The van der Waals surface area contributed by atoms with Gasteiger partial charge < -0.3 is 4.98 Å². The molecular formula is C24H23FN2O2. The fourth-order valence-electron chi connectivity index (χ4n) is 4.08. The van der Waals surface area contributed by atoms with Crippen molar-refractivity contribution in [2.75, 3.05) is 0 Å². The van der Waals surface area contributed by atoms with Crippen molar-refractivity contribution in [2.24, 2.45) is 0 Å². The average Bonchev–Trinajstić information content (AvgIpc) is 2.71. The van der Waals surface area contributed by atoms with Gasteiger partial charge in [-0.1, -0.05) is 48.5 Å². The van der Waals surface area contributed by atoms with Crippen molar-refractivity contribution >= 4 is 5.57 Å². The van der Waals surface area contributed by atoms with Gasteiger partial charge in [0.15, 0.2) is 0 Å². The van der Waals surface area contributed by atoms with Gasteiger partial charge in [0.2, 0.25) is 0 Å². The average molecular weight is 390 g/mol. The van der Waals surface area contributed by atoms with Crippen LogP contribution in [0.5, 0.6) is 0 Å². The number of H-pyrrole nitrogens is 2. The predicted octanol–water partition coefficient (Wildman–Crippen LogP) is 4.45. The molecule has 4 nitrogen and oxygen atoms in total. The first-order valence-corrected chi connectivity index (χ1v) is 9.86. The van der Waals surface area contributed by atoms with Gasteiger partial charge in [-0.2, -0.15) is 0 Å². The van der Waals surface area contributed by atoms with E-state index in [0.717, 1.165) is 23.1 Å². The maximum absolute atomic E-state index is 14.3. The van der Waals surface area contributed by atoms with Crippen LogP contribution in [0.15, 0.2) is 64.2 Å². The predicted molar refractivity (Wildman–Crippen MR) is 113 cm³/mol. The van der Waals surface area contributed by atoms with E-state index < -0.39 is 5.69 Å². The molecule has 2 aromatic carbocycles. The Balaban J connectivity index is 1.65. The maximum atomic E-state index is 14.3. The van der Waals surface area contributed by atoms with E-state index in [-0.39, 0.29) is 17.3 Å². The van der Waals surface area contributed by atoms with Crippen molar-refractivity contribution in [1.29, 1.82) is 0 Å². The van der Waals surface area contributed by atoms with Crippen molar-refractivity contribution in [3.8, 4) is 0 Å². The van der Waals surface area contributed by atoms with Gasteiger partial charge in [0, 0.05) is 29.2 Å². The van der Waals surface area contributed by atoms with Crippen LogP contribution in [0, 0.1) is 12.7 Å². The molecule has 3 aromatic rings. The number of aryl methyl sites for hydroxylation is 1. The normalized spacial score (nSPS) is 16.5. The molecule has 0 bridgehead atoms. The number of aromatic amines is 2. The molecule has 1 unspecified atom stereocenters. The van der Waals surface area contributed by atoms with E-state index in [9.17, 15) is 14.0 Å². The van der Waals surface area contributed by atoms with Crippen LogP contribution < -0.4 is 11.2 Å². The minimum absolute atomic E-state index is 0.0287. The molecule has 1 atom stereocenters. The Kier molecular flexibility index (Phi) is 5.30. The smallest absolute Gasteiger partial charge is 0.311 e. The van der Waals surface area contributed by atoms with E-state index in [4.69, 9.17) is 0 Å². The number of hydrogen-bond donors (Lipinski definition) is 2. The molecule has 5 heteroatoms. The van der Waals surface area contributed by atoms with Crippen LogP contribution in [0.3, 0.4) is 0 Å². The largest absolute Gasteiger partial charge is 0.325 e. The van der Waals surface area contributed by atoms with Crippen LogP contribution in [0.2, 0.25) is 0 Å². The molecule has 0 fully saturated rings. The summed E-state index contributed by atoms with van der Waals surface area (Å²) in [5, 5.41) is 0. The topological polar surface area (TPSA) is 65.7 Å². The van der Waals surface area contributed by atoms with Crippen LogP contribution in [0.4, 0.5) is 4.39 Å². The second kappa shape index (κ2) is 8.03. The highest BCUT2D eigenvalue weighted by atomic mass is 19.1. The molecule has 1 aliphatic carbocycles. The van der Waals surface area contributed by atoms with E-state index in [1.165, 1.54) is 0 Å². The van der Waals surface area contributed by atoms with E-state index in [0.29, 0.717) is 36.1 Å². The molecule has 29 heavy (non-hydrogen) atoms. The third-order valence-corrected chi connectivity index (χ3v) is 5.59. The summed E-state index contributed by atoms with van der Waals surface area (Å²) >= 11 is 0. The summed E-state index contributed by atoms with van der Waals surface area (Å²) in [6, 6.07) is 15.0. The van der Waals surface area contributed by atoms with Crippen LogP contribution in [-0.4, -0.2) is 9.97 Å². The molecule has 0 saturated carbocycles. The Hall–Kier alpha value is -3.21. The molecule has 4 rings (SSSR count). The minimum atomic E-state index is -0.485. The molecule has 0 saturated heterocycles. The third-order valence-electron chi connectivity index (χ3n) is 5.59. The highest BCUT2D eigenvalue weighted by Crippen LogP contribution is 2.36. The second-order valence-corrected chi connectivity index (χ2v) is 7.65. The van der Waals surface area contributed by atoms with Gasteiger partial charge in [0.25, 0.3) is 5.56 Å². The molecule has 0 aliphatic heterocycles. The van der Waals surface area contributed by atoms with Gasteiger partial charge >= 0.3 is 5.69 Å². The molecule has 1 heterocycles. The molecule has 0 radical (unpaired) electrons. The zero-order chi connectivity index (χ0) is 20.4. The molecule has 148 valence electrons. The molecule has 0 spiro atoms. The summed E-state index contributed by atoms with van der Waals surface area (Å²) in [5.74, 6) is -0.176. The van der Waals surface area contributed by atoms with Crippen molar-refractivity contribution in [2.45, 2.75) is 38.5 Å². The number of rotatable bonds is 4. The zero-order valence-electron chi connectivity index (χ0n) is 16.3. The summed E-state index contributed by atoms with van der Waals surface area (Å²) in [4.78, 5) is 29.7. The summed E-state index contributed by atoms with van der Waals surface area (Å²) < 4.78 is 14.3. The first kappa shape index (κ1) is 19.1. The van der Waals surface area contributed by atoms with Crippen molar-refractivity contribution < 1.29 is 4.39 Å². The van der Waals surface area contributed by atoms with Gasteiger partial charge in [-0.05, 0) is 49.0 Å². The Labute approximate surface area is 168 Å². The number of halogens is 1. The summed E-state index contributed by atoms with van der Waals surface area (Å²) in [5.41, 5.74) is 4.00. The van der Waals surface area contributed by atoms with Gasteiger partial charge in [0.05, 0.1) is 0 Å². The lowest BCUT2D eigenvalue weighted by Crippen LogP contribution is -2.30. The molecular weight excluding hydrogens is 367 g/mol. The third kappa shape index (κ3) is 4.14. The number of aromatic nitrogens is 2. The van der Waals surface area contributed by atoms with E-state index >= 15 is 0 Å². The Morgan fingerprint density at radius 2 is 1.86 bits per heavy atom. The number of allylic oxidation sites excluding steroid dienone is 2. The Morgan fingerprint density at radius 1 is 1.07 bits per heavy atom. The zero-order valence-corrected chi connectivity index (χ0v) is 16.3. The SMILES string of the molecule is Cc1ccc(C2=CCC(c3[nH]c(=O)[nH]c(=O)c3Cc3ccccc3)CC2)c(F)c1. The van der Waals surface area contributed by atoms with Crippen LogP contribution in [-0.2, 0) is 6.42 Å². The molecule has 1 aliphatic rings.